The fourth-order valence-electron chi connectivity index (χ4n) is 3.25. The van der Waals surface area contributed by atoms with E-state index in [0.717, 1.165) is 16.3 Å². The summed E-state index contributed by atoms with van der Waals surface area (Å²) in [6, 6.07) is 13.6. The lowest BCUT2D eigenvalue weighted by Crippen LogP contribution is -2.24. The van der Waals surface area contributed by atoms with Gasteiger partial charge in [-0.1, -0.05) is 41.2 Å². The van der Waals surface area contributed by atoms with E-state index >= 15 is 0 Å². The highest BCUT2D eigenvalue weighted by Gasteiger charge is 2.33. The molecule has 0 aliphatic carbocycles. The van der Waals surface area contributed by atoms with Crippen molar-refractivity contribution in [2.75, 3.05) is 16.8 Å². The van der Waals surface area contributed by atoms with Gasteiger partial charge in [-0.25, -0.2) is 4.39 Å². The molecule has 1 aromatic heterocycles. The Morgan fingerprint density at radius 1 is 1.17 bits per heavy atom. The first-order valence-electron chi connectivity index (χ1n) is 9.22. The first-order chi connectivity index (χ1) is 14.0. The van der Waals surface area contributed by atoms with E-state index in [1.165, 1.54) is 23.5 Å². The molecule has 4 rings (SSSR count). The largest absolute Gasteiger partial charge is 0.312 e. The van der Waals surface area contributed by atoms with Crippen molar-refractivity contribution >= 4 is 34.0 Å². The molecule has 29 heavy (non-hydrogen) atoms. The van der Waals surface area contributed by atoms with Gasteiger partial charge in [0.1, 0.15) is 10.8 Å². The third-order valence-electron chi connectivity index (χ3n) is 4.78. The molecule has 2 amide bonds. The minimum atomic E-state index is -0.339. The van der Waals surface area contributed by atoms with Gasteiger partial charge in [-0.15, -0.1) is 10.2 Å². The molecule has 0 spiro atoms. The second-order valence-electron chi connectivity index (χ2n) is 7.04. The lowest BCUT2D eigenvalue weighted by molar-refractivity contribution is -0.117. The summed E-state index contributed by atoms with van der Waals surface area (Å²) in [6.45, 7) is 2.55. The quantitative estimate of drug-likeness (QED) is 0.696. The Hall–Kier alpha value is -3.13. The average molecular weight is 410 g/mol. The van der Waals surface area contributed by atoms with Crippen LogP contribution >= 0.6 is 11.3 Å². The van der Waals surface area contributed by atoms with Gasteiger partial charge >= 0.3 is 0 Å². The average Bonchev–Trinajstić information content (AvgIpc) is 3.31. The highest BCUT2D eigenvalue weighted by Crippen LogP contribution is 2.34. The minimum absolute atomic E-state index is 0.0518. The van der Waals surface area contributed by atoms with Gasteiger partial charge in [-0.05, 0) is 36.8 Å². The molecule has 0 bridgehead atoms. The van der Waals surface area contributed by atoms with Crippen molar-refractivity contribution in [2.45, 2.75) is 25.7 Å². The summed E-state index contributed by atoms with van der Waals surface area (Å²) in [5.74, 6) is -0.586. The van der Waals surface area contributed by atoms with Crippen LogP contribution in [0.5, 0.6) is 0 Å². The van der Waals surface area contributed by atoms with Crippen LogP contribution in [0.1, 0.15) is 28.5 Å². The summed E-state index contributed by atoms with van der Waals surface area (Å²) in [4.78, 5) is 26.4. The Balaban J connectivity index is 1.38. The van der Waals surface area contributed by atoms with Crippen LogP contribution < -0.4 is 10.2 Å². The van der Waals surface area contributed by atoms with Crippen molar-refractivity contribution in [2.24, 2.45) is 0 Å². The van der Waals surface area contributed by atoms with Crippen LogP contribution in [0.2, 0.25) is 0 Å². The van der Waals surface area contributed by atoms with Gasteiger partial charge in [0.15, 0.2) is 0 Å². The van der Waals surface area contributed by atoms with Crippen molar-refractivity contribution in [3.05, 3.63) is 70.5 Å². The van der Waals surface area contributed by atoms with Crippen molar-refractivity contribution in [3.8, 4) is 0 Å². The smallest absolute Gasteiger partial charge is 0.230 e. The fourth-order valence-corrected chi connectivity index (χ4v) is 4.10. The maximum atomic E-state index is 13.0. The van der Waals surface area contributed by atoms with Crippen LogP contribution in [-0.4, -0.2) is 28.6 Å². The van der Waals surface area contributed by atoms with E-state index in [4.69, 9.17) is 0 Å². The van der Waals surface area contributed by atoms with Crippen LogP contribution in [0.4, 0.5) is 15.2 Å². The number of aromatic nitrogens is 2. The SMILES string of the molecule is Cc1ccc(N2CC(c3nnc(NC(=O)Cc4ccc(F)cc4)s3)CC2=O)cc1. The molecule has 0 radical (unpaired) electrons. The number of hydrogen-bond acceptors (Lipinski definition) is 5. The molecule has 0 saturated carbocycles. The molecule has 1 atom stereocenters. The second-order valence-corrected chi connectivity index (χ2v) is 8.05. The summed E-state index contributed by atoms with van der Waals surface area (Å²) in [5.41, 5.74) is 2.73. The molecule has 6 nitrogen and oxygen atoms in total. The molecule has 1 saturated heterocycles. The summed E-state index contributed by atoms with van der Waals surface area (Å²) in [7, 11) is 0. The molecule has 3 aromatic rings. The molecular weight excluding hydrogens is 391 g/mol. The van der Waals surface area contributed by atoms with Crippen LogP contribution in [0.3, 0.4) is 0 Å². The highest BCUT2D eigenvalue weighted by atomic mass is 32.1. The number of hydrogen-bond donors (Lipinski definition) is 1. The van der Waals surface area contributed by atoms with Crippen molar-refractivity contribution < 1.29 is 14.0 Å². The number of anilines is 2. The van der Waals surface area contributed by atoms with Crippen molar-refractivity contribution in [1.82, 2.24) is 10.2 Å². The van der Waals surface area contributed by atoms with Crippen LogP contribution in [0, 0.1) is 12.7 Å². The van der Waals surface area contributed by atoms with E-state index in [0.29, 0.717) is 23.7 Å². The van der Waals surface area contributed by atoms with E-state index < -0.39 is 0 Å². The fraction of sp³-hybridized carbons (Fsp3) is 0.238. The summed E-state index contributed by atoms with van der Waals surface area (Å²) >= 11 is 1.28. The monoisotopic (exact) mass is 410 g/mol. The number of amides is 2. The van der Waals surface area contributed by atoms with E-state index in [2.05, 4.69) is 15.5 Å². The molecule has 1 N–H and O–H groups in total. The van der Waals surface area contributed by atoms with Gasteiger partial charge in [0.2, 0.25) is 16.9 Å². The maximum absolute atomic E-state index is 13.0. The maximum Gasteiger partial charge on any atom is 0.230 e. The van der Waals surface area contributed by atoms with Crippen molar-refractivity contribution in [1.29, 1.82) is 0 Å². The Morgan fingerprint density at radius 3 is 2.62 bits per heavy atom. The Kier molecular flexibility index (Phi) is 5.35. The van der Waals surface area contributed by atoms with Gasteiger partial charge in [-0.3, -0.25) is 9.59 Å². The first kappa shape index (κ1) is 19.2. The molecule has 8 heteroatoms. The number of carbonyl (C=O) groups is 2. The lowest BCUT2D eigenvalue weighted by atomic mass is 10.1. The van der Waals surface area contributed by atoms with Gasteiger partial charge in [0.05, 0.1) is 6.42 Å². The highest BCUT2D eigenvalue weighted by molar-refractivity contribution is 7.15. The van der Waals surface area contributed by atoms with E-state index in [1.54, 1.807) is 17.0 Å². The van der Waals surface area contributed by atoms with E-state index in [-0.39, 0.29) is 30.0 Å². The summed E-state index contributed by atoms with van der Waals surface area (Å²) < 4.78 is 13.0. The van der Waals surface area contributed by atoms with Gasteiger partial charge in [0.25, 0.3) is 0 Å². The van der Waals surface area contributed by atoms with Gasteiger partial charge < -0.3 is 10.2 Å². The predicted molar refractivity (Wildman–Crippen MR) is 110 cm³/mol. The Labute approximate surface area is 171 Å². The lowest BCUT2D eigenvalue weighted by Gasteiger charge is -2.16. The third-order valence-corrected chi connectivity index (χ3v) is 5.79. The zero-order chi connectivity index (χ0) is 20.4. The number of nitrogens with one attached hydrogen (secondary N) is 1. The van der Waals surface area contributed by atoms with E-state index in [1.807, 2.05) is 31.2 Å². The topological polar surface area (TPSA) is 75.2 Å². The number of aryl methyl sites for hydroxylation is 1. The molecule has 1 unspecified atom stereocenters. The number of rotatable bonds is 5. The molecule has 1 fully saturated rings. The Morgan fingerprint density at radius 2 is 1.90 bits per heavy atom. The zero-order valence-corrected chi connectivity index (χ0v) is 16.6. The zero-order valence-electron chi connectivity index (χ0n) is 15.8. The number of halogens is 1. The van der Waals surface area contributed by atoms with Crippen LogP contribution in [-0.2, 0) is 16.0 Å². The third kappa shape index (κ3) is 4.48. The first-order valence-corrected chi connectivity index (χ1v) is 10.0. The second kappa shape index (κ2) is 8.08. The Bertz CT molecular complexity index is 1030. The van der Waals surface area contributed by atoms with Crippen LogP contribution in [0.15, 0.2) is 48.5 Å². The van der Waals surface area contributed by atoms with Crippen LogP contribution in [0.25, 0.3) is 0 Å². The number of benzene rings is 2. The molecule has 2 aromatic carbocycles. The molecule has 148 valence electrons. The van der Waals surface area contributed by atoms with Gasteiger partial charge in [-0.2, -0.15) is 0 Å². The van der Waals surface area contributed by atoms with E-state index in [9.17, 15) is 14.0 Å². The number of carbonyl (C=O) groups excluding carboxylic acids is 2. The standard InChI is InChI=1S/C21H19FN4O2S/c1-13-2-8-17(9-3-13)26-12-15(11-19(26)28)20-24-25-21(29-20)23-18(27)10-14-4-6-16(22)7-5-14/h2-9,15H,10-12H2,1H3,(H,23,25,27). The molecular formula is C21H19FN4O2S. The van der Waals surface area contributed by atoms with Crippen molar-refractivity contribution in [3.63, 3.8) is 0 Å². The molecule has 1 aliphatic heterocycles. The number of nitrogens with zero attached hydrogens (tertiary/aromatic N) is 3. The summed E-state index contributed by atoms with van der Waals surface area (Å²) in [5, 5.41) is 12.1. The normalized spacial score (nSPS) is 16.3. The molecule has 1 aliphatic rings. The minimum Gasteiger partial charge on any atom is -0.312 e. The predicted octanol–water partition coefficient (Wildman–Crippen LogP) is 3.69. The molecule has 2 heterocycles. The summed E-state index contributed by atoms with van der Waals surface area (Å²) in [6.07, 6.45) is 0.490. The van der Waals surface area contributed by atoms with Gasteiger partial charge in [0, 0.05) is 24.6 Å².